The van der Waals surface area contributed by atoms with Gasteiger partial charge in [-0.15, -0.1) is 0 Å². The molecule has 0 radical (unpaired) electrons. The second kappa shape index (κ2) is 2.40. The Labute approximate surface area is 67.8 Å². The van der Waals surface area contributed by atoms with Crippen LogP contribution in [0.5, 0.6) is 0 Å². The van der Waals surface area contributed by atoms with Crippen molar-refractivity contribution in [3.8, 4) is 0 Å². The summed E-state index contributed by atoms with van der Waals surface area (Å²) in [4.78, 5) is 3.35. The van der Waals surface area contributed by atoms with Crippen molar-refractivity contribution in [3.63, 3.8) is 0 Å². The molecule has 1 aromatic rings. The van der Waals surface area contributed by atoms with Crippen LogP contribution < -0.4 is 0 Å². The molecule has 0 saturated heterocycles. The smallest absolute Gasteiger partial charge is 0.0181 e. The van der Waals surface area contributed by atoms with Gasteiger partial charge in [0.2, 0.25) is 0 Å². The van der Waals surface area contributed by atoms with Crippen LogP contribution >= 0.6 is 0 Å². The van der Waals surface area contributed by atoms with E-state index in [4.69, 9.17) is 0 Å². The van der Waals surface area contributed by atoms with E-state index in [-0.39, 0.29) is 0 Å². The highest BCUT2D eigenvalue weighted by Crippen LogP contribution is 2.39. The van der Waals surface area contributed by atoms with Crippen LogP contribution in [-0.2, 0) is 0 Å². The number of H-pyrrole nitrogens is 1. The second-order valence-electron chi connectivity index (χ2n) is 3.82. The monoisotopic (exact) mass is 149 g/mol. The van der Waals surface area contributed by atoms with Crippen molar-refractivity contribution in [1.82, 2.24) is 4.98 Å². The first-order chi connectivity index (χ1) is 5.27. The molecule has 0 aromatic carbocycles. The predicted octanol–water partition coefficient (Wildman–Crippen LogP) is 3.02. The molecule has 1 fully saturated rings. The van der Waals surface area contributed by atoms with Gasteiger partial charge in [0.15, 0.2) is 0 Å². The van der Waals surface area contributed by atoms with Crippen molar-refractivity contribution >= 4 is 0 Å². The van der Waals surface area contributed by atoms with Gasteiger partial charge in [-0.3, -0.25) is 0 Å². The third kappa shape index (κ3) is 1.32. The lowest BCUT2D eigenvalue weighted by Gasteiger charge is -1.96. The van der Waals surface area contributed by atoms with Gasteiger partial charge in [-0.2, -0.15) is 0 Å². The lowest BCUT2D eigenvalue weighted by Crippen LogP contribution is -1.80. The largest absolute Gasteiger partial charge is 0.364 e. The van der Waals surface area contributed by atoms with Crippen molar-refractivity contribution in [2.24, 2.45) is 0 Å². The molecule has 0 unspecified atom stereocenters. The summed E-state index contributed by atoms with van der Waals surface area (Å²) in [5.41, 5.74) is 2.90. The molecule has 0 atom stereocenters. The fourth-order valence-electron chi connectivity index (χ4n) is 1.39. The Morgan fingerprint density at radius 1 is 1.45 bits per heavy atom. The highest BCUT2D eigenvalue weighted by molar-refractivity contribution is 5.24. The summed E-state index contributed by atoms with van der Waals surface area (Å²) in [6, 6.07) is 2.32. The molecule has 1 aliphatic rings. The summed E-state index contributed by atoms with van der Waals surface area (Å²) >= 11 is 0. The summed E-state index contributed by atoms with van der Waals surface area (Å²) in [5, 5.41) is 0. The third-order valence-corrected chi connectivity index (χ3v) is 2.41. The van der Waals surface area contributed by atoms with E-state index in [0.717, 1.165) is 5.92 Å². The minimum Gasteiger partial charge on any atom is -0.364 e. The summed E-state index contributed by atoms with van der Waals surface area (Å²) in [7, 11) is 0. The van der Waals surface area contributed by atoms with Gasteiger partial charge in [-0.25, -0.2) is 0 Å². The lowest BCUT2D eigenvalue weighted by molar-refractivity contribution is 0.868. The van der Waals surface area contributed by atoms with Crippen LogP contribution in [0.4, 0.5) is 0 Å². The predicted molar refractivity (Wildman–Crippen MR) is 46.9 cm³/mol. The van der Waals surface area contributed by atoms with Gasteiger partial charge in [0, 0.05) is 11.9 Å². The molecule has 0 bridgehead atoms. The zero-order valence-electron chi connectivity index (χ0n) is 7.22. The molecule has 11 heavy (non-hydrogen) atoms. The number of hydrogen-bond donors (Lipinski definition) is 1. The maximum Gasteiger partial charge on any atom is 0.0181 e. The summed E-state index contributed by atoms with van der Waals surface area (Å²) in [6.45, 7) is 4.47. The SMILES string of the molecule is CC(C)c1c[nH]c(C2CC2)c1. The molecule has 1 aromatic heterocycles. The minimum atomic E-state index is 0.666. The van der Waals surface area contributed by atoms with Gasteiger partial charge in [0.25, 0.3) is 0 Å². The van der Waals surface area contributed by atoms with E-state index < -0.39 is 0 Å². The first-order valence-corrected chi connectivity index (χ1v) is 4.45. The van der Waals surface area contributed by atoms with E-state index in [2.05, 4.69) is 31.1 Å². The molecule has 0 spiro atoms. The summed E-state index contributed by atoms with van der Waals surface area (Å²) < 4.78 is 0. The number of aromatic amines is 1. The van der Waals surface area contributed by atoms with E-state index in [1.165, 1.54) is 24.1 Å². The van der Waals surface area contributed by atoms with E-state index in [1.54, 1.807) is 0 Å². The van der Waals surface area contributed by atoms with Crippen LogP contribution in [0.15, 0.2) is 12.3 Å². The molecule has 1 heterocycles. The van der Waals surface area contributed by atoms with E-state index in [9.17, 15) is 0 Å². The highest BCUT2D eigenvalue weighted by atomic mass is 14.7. The maximum atomic E-state index is 3.35. The number of aromatic nitrogens is 1. The van der Waals surface area contributed by atoms with Gasteiger partial charge in [-0.1, -0.05) is 13.8 Å². The first kappa shape index (κ1) is 6.96. The minimum absolute atomic E-state index is 0.666. The quantitative estimate of drug-likeness (QED) is 0.665. The summed E-state index contributed by atoms with van der Waals surface area (Å²) in [5.74, 6) is 1.53. The molecular formula is C10H15N. The number of rotatable bonds is 2. The third-order valence-electron chi connectivity index (χ3n) is 2.41. The van der Waals surface area contributed by atoms with Crippen molar-refractivity contribution in [3.05, 3.63) is 23.5 Å². The standard InChI is InChI=1S/C10H15N/c1-7(2)9-5-10(11-6-9)8-3-4-8/h5-8,11H,3-4H2,1-2H3. The molecule has 0 amide bonds. The van der Waals surface area contributed by atoms with Crippen LogP contribution in [0.1, 0.15) is 49.8 Å². The average Bonchev–Trinajstić information content (AvgIpc) is 2.68. The fourth-order valence-corrected chi connectivity index (χ4v) is 1.39. The molecule has 1 aliphatic carbocycles. The molecule has 1 nitrogen and oxygen atoms in total. The van der Waals surface area contributed by atoms with Gasteiger partial charge < -0.3 is 4.98 Å². The molecule has 0 aliphatic heterocycles. The van der Waals surface area contributed by atoms with Gasteiger partial charge in [0.1, 0.15) is 0 Å². The first-order valence-electron chi connectivity index (χ1n) is 4.45. The molecule has 2 rings (SSSR count). The Balaban J connectivity index is 2.18. The van der Waals surface area contributed by atoms with Crippen LogP contribution in [0.25, 0.3) is 0 Å². The van der Waals surface area contributed by atoms with E-state index >= 15 is 0 Å². The summed E-state index contributed by atoms with van der Waals surface area (Å²) in [6.07, 6.45) is 4.93. The Morgan fingerprint density at radius 3 is 2.64 bits per heavy atom. The lowest BCUT2D eigenvalue weighted by atomic mass is 10.1. The van der Waals surface area contributed by atoms with E-state index in [0.29, 0.717) is 5.92 Å². The zero-order chi connectivity index (χ0) is 7.84. The maximum absolute atomic E-state index is 3.35. The molecule has 60 valence electrons. The second-order valence-corrected chi connectivity index (χ2v) is 3.82. The molecule has 1 N–H and O–H groups in total. The molecular weight excluding hydrogens is 134 g/mol. The Morgan fingerprint density at radius 2 is 2.18 bits per heavy atom. The Bertz CT molecular complexity index is 227. The fraction of sp³-hybridized carbons (Fsp3) is 0.600. The molecule has 1 saturated carbocycles. The van der Waals surface area contributed by atoms with Crippen molar-refractivity contribution in [1.29, 1.82) is 0 Å². The normalized spacial score (nSPS) is 17.7. The van der Waals surface area contributed by atoms with Gasteiger partial charge in [0.05, 0.1) is 0 Å². The van der Waals surface area contributed by atoms with Crippen molar-refractivity contribution < 1.29 is 0 Å². The van der Waals surface area contributed by atoms with Crippen LogP contribution in [0.2, 0.25) is 0 Å². The number of nitrogens with one attached hydrogen (secondary N) is 1. The van der Waals surface area contributed by atoms with Crippen molar-refractivity contribution in [2.45, 2.75) is 38.5 Å². The highest BCUT2D eigenvalue weighted by Gasteiger charge is 2.24. The van der Waals surface area contributed by atoms with Crippen LogP contribution in [-0.4, -0.2) is 4.98 Å². The van der Waals surface area contributed by atoms with Gasteiger partial charge >= 0.3 is 0 Å². The van der Waals surface area contributed by atoms with Crippen molar-refractivity contribution in [2.75, 3.05) is 0 Å². The zero-order valence-corrected chi connectivity index (χ0v) is 7.22. The molecule has 1 heteroatoms. The van der Waals surface area contributed by atoms with Crippen LogP contribution in [0, 0.1) is 0 Å². The average molecular weight is 149 g/mol. The topological polar surface area (TPSA) is 15.8 Å². The Kier molecular flexibility index (Phi) is 1.52. The van der Waals surface area contributed by atoms with E-state index in [1.807, 2.05) is 0 Å². The Hall–Kier alpha value is -0.720. The number of hydrogen-bond acceptors (Lipinski definition) is 0. The van der Waals surface area contributed by atoms with Crippen LogP contribution in [0.3, 0.4) is 0 Å². The van der Waals surface area contributed by atoms with Gasteiger partial charge in [-0.05, 0) is 36.3 Å².